The molecular weight excluding hydrogens is 655 g/mol. The summed E-state index contributed by atoms with van der Waals surface area (Å²) in [7, 11) is 0. The molecular formula is C44H39N9. The zero-order valence-corrected chi connectivity index (χ0v) is 30.6. The van der Waals surface area contributed by atoms with Crippen LogP contribution in [0.5, 0.6) is 0 Å². The maximum atomic E-state index is 9.66. The Kier molecular flexibility index (Phi) is 8.95. The summed E-state index contributed by atoms with van der Waals surface area (Å²) in [6.45, 7) is 20.9. The molecule has 0 bridgehead atoms. The minimum absolute atomic E-state index is 0.152. The Morgan fingerprint density at radius 3 is 1.55 bits per heavy atom. The summed E-state index contributed by atoms with van der Waals surface area (Å²) < 4.78 is 3.32. The number of hydrogen-bond acceptors (Lipinski definition) is 6. The molecule has 0 aliphatic heterocycles. The summed E-state index contributed by atoms with van der Waals surface area (Å²) >= 11 is 0. The zero-order chi connectivity index (χ0) is 37.3. The van der Waals surface area contributed by atoms with Gasteiger partial charge in [-0.2, -0.15) is 10.4 Å². The van der Waals surface area contributed by atoms with E-state index >= 15 is 0 Å². The molecule has 0 aliphatic rings. The van der Waals surface area contributed by atoms with E-state index in [2.05, 4.69) is 85.8 Å². The molecule has 260 valence electrons. The normalized spacial score (nSPS) is 11.5. The van der Waals surface area contributed by atoms with Gasteiger partial charge in [0.05, 0.1) is 0 Å². The van der Waals surface area contributed by atoms with Crippen molar-refractivity contribution in [1.82, 2.24) is 29.5 Å². The quantitative estimate of drug-likeness (QED) is 0.154. The molecule has 0 radical (unpaired) electrons. The van der Waals surface area contributed by atoms with E-state index in [1.165, 1.54) is 11.1 Å². The molecule has 53 heavy (non-hydrogen) atoms. The molecule has 0 atom stereocenters. The van der Waals surface area contributed by atoms with Crippen molar-refractivity contribution in [2.24, 2.45) is 0 Å². The van der Waals surface area contributed by atoms with Gasteiger partial charge in [-0.25, -0.2) is 14.6 Å². The van der Waals surface area contributed by atoms with Gasteiger partial charge in [0.25, 0.3) is 5.82 Å². The molecule has 0 saturated carbocycles. The van der Waals surface area contributed by atoms with Gasteiger partial charge in [-0.15, -0.1) is 4.68 Å². The lowest BCUT2D eigenvalue weighted by molar-refractivity contribution is 0.568. The molecule has 0 amide bonds. The van der Waals surface area contributed by atoms with Gasteiger partial charge in [0.15, 0.2) is 17.3 Å². The highest BCUT2D eigenvalue weighted by Crippen LogP contribution is 2.41. The van der Waals surface area contributed by atoms with Crippen LogP contribution in [0, 0.1) is 17.9 Å². The Morgan fingerprint density at radius 2 is 1.11 bits per heavy atom. The van der Waals surface area contributed by atoms with Gasteiger partial charge in [0.2, 0.25) is 0 Å². The molecule has 7 aromatic rings. The lowest BCUT2D eigenvalue weighted by Gasteiger charge is -2.30. The van der Waals surface area contributed by atoms with Crippen molar-refractivity contribution in [1.29, 1.82) is 5.26 Å². The van der Waals surface area contributed by atoms with Gasteiger partial charge in [-0.1, -0.05) is 115 Å². The van der Waals surface area contributed by atoms with Crippen LogP contribution in [0.2, 0.25) is 0 Å². The minimum Gasteiger partial charge on any atom is -0.359 e. The molecule has 0 unspecified atom stereocenters. The average Bonchev–Trinajstić information content (AvgIpc) is 3.85. The van der Waals surface area contributed by atoms with E-state index < -0.39 is 0 Å². The fourth-order valence-corrected chi connectivity index (χ4v) is 6.14. The van der Waals surface area contributed by atoms with Crippen LogP contribution in [0.3, 0.4) is 0 Å². The van der Waals surface area contributed by atoms with E-state index in [9.17, 15) is 5.26 Å². The standard InChI is InChI=1S/C44H39N9/c1-43(2,3)32-26-33(44(4,5)6)28-35(27-32)53(39-20-18-36(30-14-10-8-11-15-30)41(47-39)51-24-22-34(29-45)49-51)40-21-19-37(31-16-12-9-13-17-31)42(48-40)52-25-23-38(46-7)50-52/h8-28H,1-6H3. The molecule has 0 spiro atoms. The number of anilines is 3. The van der Waals surface area contributed by atoms with E-state index in [0.717, 1.165) is 27.9 Å². The summed E-state index contributed by atoms with van der Waals surface area (Å²) in [6, 6.07) is 40.4. The van der Waals surface area contributed by atoms with Crippen LogP contribution >= 0.6 is 0 Å². The molecule has 4 heterocycles. The molecule has 0 fully saturated rings. The lowest BCUT2D eigenvalue weighted by Crippen LogP contribution is -2.20. The Bertz CT molecular complexity index is 2330. The van der Waals surface area contributed by atoms with Crippen molar-refractivity contribution in [3.8, 4) is 40.0 Å². The highest BCUT2D eigenvalue weighted by molar-refractivity contribution is 5.80. The fourth-order valence-electron chi connectivity index (χ4n) is 6.14. The van der Waals surface area contributed by atoms with Gasteiger partial charge in [0, 0.05) is 29.2 Å². The summed E-state index contributed by atoms with van der Waals surface area (Å²) in [5.41, 5.74) is 6.88. The largest absolute Gasteiger partial charge is 0.359 e. The number of nitriles is 1. The monoisotopic (exact) mass is 693 g/mol. The van der Waals surface area contributed by atoms with E-state index in [1.54, 1.807) is 33.9 Å². The predicted octanol–water partition coefficient (Wildman–Crippen LogP) is 10.7. The highest BCUT2D eigenvalue weighted by atomic mass is 15.4. The summed E-state index contributed by atoms with van der Waals surface area (Å²) in [5, 5.41) is 18.8. The van der Waals surface area contributed by atoms with Crippen LogP contribution in [-0.4, -0.2) is 29.5 Å². The Balaban J connectivity index is 1.53. The maximum absolute atomic E-state index is 9.66. The van der Waals surface area contributed by atoms with Crippen LogP contribution in [0.1, 0.15) is 58.4 Å². The predicted molar refractivity (Wildman–Crippen MR) is 210 cm³/mol. The summed E-state index contributed by atoms with van der Waals surface area (Å²) in [6.07, 6.45) is 3.53. The van der Waals surface area contributed by atoms with Crippen LogP contribution in [0.4, 0.5) is 23.1 Å². The lowest BCUT2D eigenvalue weighted by atomic mass is 9.80. The van der Waals surface area contributed by atoms with Crippen molar-refractivity contribution in [3.05, 3.63) is 156 Å². The van der Waals surface area contributed by atoms with Gasteiger partial charge < -0.3 is 4.85 Å². The first-order chi connectivity index (χ1) is 25.4. The molecule has 7 rings (SSSR count). The fraction of sp³-hybridized carbons (Fsp3) is 0.182. The summed E-state index contributed by atoms with van der Waals surface area (Å²) in [5.74, 6) is 2.63. The second-order valence-corrected chi connectivity index (χ2v) is 14.9. The second-order valence-electron chi connectivity index (χ2n) is 14.9. The topological polar surface area (TPSA) is 92.8 Å². The zero-order valence-electron chi connectivity index (χ0n) is 30.6. The number of benzene rings is 3. The SMILES string of the molecule is [C-]#[N+]c1ccn(-c2nc(N(c3cc(C(C)(C)C)cc(C(C)(C)C)c3)c3ccc(-c4ccccc4)c(-n4ccc(C#N)n4)n3)ccc2-c2ccccc2)n1. The third kappa shape index (κ3) is 7.06. The molecule has 0 N–H and O–H groups in total. The van der Waals surface area contributed by atoms with Gasteiger partial charge in [-0.05, 0) is 86.7 Å². The van der Waals surface area contributed by atoms with Crippen molar-refractivity contribution in [2.75, 3.05) is 4.90 Å². The number of pyridine rings is 2. The van der Waals surface area contributed by atoms with E-state index in [-0.39, 0.29) is 16.6 Å². The van der Waals surface area contributed by atoms with E-state index in [1.807, 2.05) is 84.9 Å². The molecule has 3 aromatic carbocycles. The first kappa shape index (κ1) is 34.6. The maximum Gasteiger partial charge on any atom is 0.295 e. The van der Waals surface area contributed by atoms with Crippen molar-refractivity contribution in [3.63, 3.8) is 0 Å². The average molecular weight is 694 g/mol. The van der Waals surface area contributed by atoms with Crippen LogP contribution in [0.25, 0.3) is 38.7 Å². The molecule has 9 nitrogen and oxygen atoms in total. The molecule has 0 saturated heterocycles. The molecule has 0 aliphatic carbocycles. The Hall–Kier alpha value is -6.84. The van der Waals surface area contributed by atoms with E-state index in [4.69, 9.17) is 16.5 Å². The first-order valence-corrected chi connectivity index (χ1v) is 17.4. The Labute approximate surface area is 310 Å². The summed E-state index contributed by atoms with van der Waals surface area (Å²) in [4.78, 5) is 16.3. The van der Waals surface area contributed by atoms with Crippen LogP contribution in [-0.2, 0) is 10.8 Å². The first-order valence-electron chi connectivity index (χ1n) is 17.4. The molecule has 4 aromatic heterocycles. The van der Waals surface area contributed by atoms with Crippen molar-refractivity contribution < 1.29 is 0 Å². The minimum atomic E-state index is -0.152. The van der Waals surface area contributed by atoms with Crippen molar-refractivity contribution in [2.45, 2.75) is 52.4 Å². The highest BCUT2D eigenvalue weighted by Gasteiger charge is 2.26. The third-order valence-electron chi connectivity index (χ3n) is 9.08. The van der Waals surface area contributed by atoms with Crippen molar-refractivity contribution >= 4 is 23.1 Å². The number of rotatable bonds is 7. The number of hydrogen-bond donors (Lipinski definition) is 0. The molecule has 9 heteroatoms. The second kappa shape index (κ2) is 13.7. The smallest absolute Gasteiger partial charge is 0.295 e. The van der Waals surface area contributed by atoms with Crippen LogP contribution in [0.15, 0.2) is 128 Å². The third-order valence-corrected chi connectivity index (χ3v) is 9.08. The Morgan fingerprint density at radius 1 is 0.623 bits per heavy atom. The van der Waals surface area contributed by atoms with Crippen LogP contribution < -0.4 is 4.90 Å². The van der Waals surface area contributed by atoms with Gasteiger partial charge >= 0.3 is 0 Å². The van der Waals surface area contributed by atoms with Gasteiger partial charge in [0.1, 0.15) is 17.7 Å². The number of aromatic nitrogens is 6. The van der Waals surface area contributed by atoms with E-state index in [0.29, 0.717) is 29.0 Å². The van der Waals surface area contributed by atoms with Gasteiger partial charge in [-0.3, -0.25) is 4.90 Å². The number of nitrogens with zero attached hydrogens (tertiary/aromatic N) is 9.